The number of rotatable bonds is 11. The second kappa shape index (κ2) is 12.2. The Balaban J connectivity index is 5.63. The average molecular weight is 365 g/mol. The van der Waals surface area contributed by atoms with Gasteiger partial charge < -0.3 is 20.5 Å². The van der Waals surface area contributed by atoms with E-state index in [0.29, 0.717) is 18.4 Å². The van der Waals surface area contributed by atoms with Gasteiger partial charge in [-0.15, -0.1) is 0 Å². The minimum Gasteiger partial charge on any atom is -0.462 e. The first kappa shape index (κ1) is 23.8. The average Bonchev–Trinajstić information content (AvgIpc) is 2.59. The van der Waals surface area contributed by atoms with Crippen LogP contribution < -0.4 is 5.73 Å². The molecule has 7 nitrogen and oxygen atoms in total. The van der Waals surface area contributed by atoms with Crippen LogP contribution in [0.4, 0.5) is 0 Å². The van der Waals surface area contributed by atoms with Crippen LogP contribution in [-0.2, 0) is 14.3 Å². The Morgan fingerprint density at radius 3 is 2.38 bits per heavy atom. The summed E-state index contributed by atoms with van der Waals surface area (Å²) in [6.45, 7) is 8.29. The summed E-state index contributed by atoms with van der Waals surface area (Å²) >= 11 is 0. The van der Waals surface area contributed by atoms with Crippen molar-refractivity contribution >= 4 is 11.8 Å². The molecule has 0 aromatic carbocycles. The van der Waals surface area contributed by atoms with Crippen molar-refractivity contribution in [3.63, 3.8) is 0 Å². The minimum absolute atomic E-state index is 0.107. The number of nitrogens with zero attached hydrogens (tertiary/aromatic N) is 2. The van der Waals surface area contributed by atoms with Crippen molar-refractivity contribution < 1.29 is 19.4 Å². The molecule has 0 aliphatic carbocycles. The van der Waals surface area contributed by atoms with Gasteiger partial charge in [0.1, 0.15) is 6.10 Å². The van der Waals surface area contributed by atoms with E-state index in [1.807, 2.05) is 24.8 Å². The summed E-state index contributed by atoms with van der Waals surface area (Å²) in [5.41, 5.74) is 6.57. The Bertz CT molecular complexity index is 566. The van der Waals surface area contributed by atoms with E-state index in [-0.39, 0.29) is 30.5 Å². The number of allylic oxidation sites excluding steroid dienone is 3. The number of aliphatic hydroxyl groups excluding tert-OH is 1. The molecule has 0 spiro atoms. The molecule has 3 unspecified atom stereocenters. The number of esters is 1. The van der Waals surface area contributed by atoms with E-state index >= 15 is 0 Å². The first-order valence-corrected chi connectivity index (χ1v) is 8.77. The molecule has 0 aromatic rings. The van der Waals surface area contributed by atoms with Gasteiger partial charge >= 0.3 is 5.97 Å². The monoisotopic (exact) mass is 365 g/mol. The van der Waals surface area contributed by atoms with Gasteiger partial charge in [-0.25, -0.2) is 0 Å². The molecule has 7 heteroatoms. The van der Waals surface area contributed by atoms with Crippen LogP contribution in [0.3, 0.4) is 0 Å². The summed E-state index contributed by atoms with van der Waals surface area (Å²) in [6, 6.07) is 1.71. The minimum atomic E-state index is -0.470. The predicted molar refractivity (Wildman–Crippen MR) is 99.5 cm³/mol. The maximum Gasteiger partial charge on any atom is 0.302 e. The highest BCUT2D eigenvalue weighted by Crippen LogP contribution is 2.20. The highest BCUT2D eigenvalue weighted by molar-refractivity contribution is 5.96. The van der Waals surface area contributed by atoms with Gasteiger partial charge in [0.05, 0.1) is 12.2 Å². The van der Waals surface area contributed by atoms with Crippen LogP contribution in [-0.4, -0.2) is 46.7 Å². The predicted octanol–water partition coefficient (Wildman–Crippen LogP) is 1.87. The van der Waals surface area contributed by atoms with Crippen molar-refractivity contribution in [2.45, 2.75) is 65.8 Å². The molecule has 0 bridgehead atoms. The molecule has 3 N–H and O–H groups in total. The van der Waals surface area contributed by atoms with Gasteiger partial charge in [0.25, 0.3) is 0 Å². The van der Waals surface area contributed by atoms with Crippen molar-refractivity contribution in [2.75, 3.05) is 6.61 Å². The van der Waals surface area contributed by atoms with Gasteiger partial charge in [0.2, 0.25) is 0 Å². The smallest absolute Gasteiger partial charge is 0.302 e. The SMILES string of the molecule is CCC(N)N(/C=C(/C=C/C#N)C(C)=O)C(C)CC(OC(C)=O)[C@@H](C)CO. The number of nitriles is 1. The summed E-state index contributed by atoms with van der Waals surface area (Å²) < 4.78 is 5.34. The van der Waals surface area contributed by atoms with Crippen LogP contribution in [0.15, 0.2) is 23.9 Å². The lowest BCUT2D eigenvalue weighted by molar-refractivity contribution is -0.150. The fourth-order valence-corrected chi connectivity index (χ4v) is 2.48. The zero-order valence-corrected chi connectivity index (χ0v) is 16.3. The molecule has 146 valence electrons. The molecule has 0 rings (SSSR count). The summed E-state index contributed by atoms with van der Waals surface area (Å²) in [4.78, 5) is 25.0. The number of carbonyl (C=O) groups is 2. The standard InChI is InChI=1S/C19H31N3O4/c1-6-19(21)22(11-17(15(4)24)8-7-9-20)14(3)10-18(13(2)12-23)26-16(5)25/h7-8,11,13-14,18-19,23H,6,10,12,21H2,1-5H3/b8-7+,17-11-/t13-,14?,18?,19?/m0/s1. The third kappa shape index (κ3) is 8.28. The third-order valence-electron chi connectivity index (χ3n) is 4.16. The Morgan fingerprint density at radius 1 is 1.35 bits per heavy atom. The molecule has 0 aromatic heterocycles. The van der Waals surface area contributed by atoms with Crippen LogP contribution in [0.1, 0.15) is 47.5 Å². The number of Topliss-reactive ketones (excluding diaryl/α,β-unsaturated/α-hetero) is 1. The van der Waals surface area contributed by atoms with Gasteiger partial charge in [0.15, 0.2) is 5.78 Å². The lowest BCUT2D eigenvalue weighted by Crippen LogP contribution is -2.46. The number of hydrogen-bond donors (Lipinski definition) is 2. The Kier molecular flexibility index (Phi) is 11.2. The Labute approximate surface area is 156 Å². The van der Waals surface area contributed by atoms with E-state index in [1.165, 1.54) is 26.0 Å². The zero-order valence-electron chi connectivity index (χ0n) is 16.3. The molecule has 0 saturated heterocycles. The van der Waals surface area contributed by atoms with Crippen LogP contribution in [0.5, 0.6) is 0 Å². The van der Waals surface area contributed by atoms with Crippen molar-refractivity contribution in [1.82, 2.24) is 4.90 Å². The molecule has 0 aliphatic rings. The number of aliphatic hydroxyl groups is 1. The first-order chi connectivity index (χ1) is 12.2. The number of ether oxygens (including phenoxy) is 1. The number of carbonyl (C=O) groups excluding carboxylic acids is 2. The maximum absolute atomic E-state index is 11.8. The van der Waals surface area contributed by atoms with E-state index in [1.54, 1.807) is 13.1 Å². The van der Waals surface area contributed by atoms with Gasteiger partial charge in [-0.05, 0) is 26.3 Å². The Morgan fingerprint density at radius 2 is 1.96 bits per heavy atom. The highest BCUT2D eigenvalue weighted by Gasteiger charge is 2.26. The van der Waals surface area contributed by atoms with E-state index in [0.717, 1.165) is 0 Å². The topological polar surface area (TPSA) is 117 Å². The van der Waals surface area contributed by atoms with Crippen molar-refractivity contribution in [1.29, 1.82) is 5.26 Å². The number of nitrogens with two attached hydrogens (primary N) is 1. The van der Waals surface area contributed by atoms with Crippen molar-refractivity contribution in [3.8, 4) is 6.07 Å². The van der Waals surface area contributed by atoms with Gasteiger partial charge in [-0.2, -0.15) is 5.26 Å². The number of hydrogen-bond acceptors (Lipinski definition) is 7. The second-order valence-electron chi connectivity index (χ2n) is 6.42. The number of ketones is 1. The van der Waals surface area contributed by atoms with Crippen LogP contribution >= 0.6 is 0 Å². The fraction of sp³-hybridized carbons (Fsp3) is 0.632. The van der Waals surface area contributed by atoms with Gasteiger partial charge in [-0.1, -0.05) is 13.8 Å². The lowest BCUT2D eigenvalue weighted by Gasteiger charge is -2.36. The fourth-order valence-electron chi connectivity index (χ4n) is 2.48. The quantitative estimate of drug-likeness (QED) is 0.189. The van der Waals surface area contributed by atoms with Crippen LogP contribution in [0.2, 0.25) is 0 Å². The molecule has 0 aliphatic heterocycles. The first-order valence-electron chi connectivity index (χ1n) is 8.77. The maximum atomic E-state index is 11.8. The molecular formula is C19H31N3O4. The largest absolute Gasteiger partial charge is 0.462 e. The van der Waals surface area contributed by atoms with Gasteiger partial charge in [0, 0.05) is 49.8 Å². The second-order valence-corrected chi connectivity index (χ2v) is 6.42. The molecule has 0 heterocycles. The summed E-state index contributed by atoms with van der Waals surface area (Å²) in [6.07, 6.45) is 4.59. The van der Waals surface area contributed by atoms with E-state index in [2.05, 4.69) is 0 Å². The van der Waals surface area contributed by atoms with Crippen molar-refractivity contribution in [2.24, 2.45) is 11.7 Å². The lowest BCUT2D eigenvalue weighted by atomic mass is 9.97. The summed E-state index contributed by atoms with van der Waals surface area (Å²) in [5, 5.41) is 18.1. The molecule has 0 saturated carbocycles. The van der Waals surface area contributed by atoms with Crippen LogP contribution in [0.25, 0.3) is 0 Å². The normalized spacial score (nSPS) is 16.5. The molecule has 0 radical (unpaired) electrons. The summed E-state index contributed by atoms with van der Waals surface area (Å²) in [5.74, 6) is -0.821. The highest BCUT2D eigenvalue weighted by atomic mass is 16.5. The summed E-state index contributed by atoms with van der Waals surface area (Å²) in [7, 11) is 0. The third-order valence-corrected chi connectivity index (χ3v) is 4.16. The molecule has 26 heavy (non-hydrogen) atoms. The van der Waals surface area contributed by atoms with E-state index < -0.39 is 12.1 Å². The molecular weight excluding hydrogens is 334 g/mol. The Hall–Kier alpha value is -2.17. The molecule has 0 amide bonds. The molecule has 0 fully saturated rings. The van der Waals surface area contributed by atoms with E-state index in [4.69, 9.17) is 15.7 Å². The zero-order chi connectivity index (χ0) is 20.3. The van der Waals surface area contributed by atoms with Crippen LogP contribution in [0, 0.1) is 17.2 Å². The van der Waals surface area contributed by atoms with Gasteiger partial charge in [-0.3, -0.25) is 9.59 Å². The van der Waals surface area contributed by atoms with Crippen molar-refractivity contribution in [3.05, 3.63) is 23.9 Å². The molecule has 4 atom stereocenters. The van der Waals surface area contributed by atoms with E-state index in [9.17, 15) is 14.7 Å².